The van der Waals surface area contributed by atoms with E-state index in [1.165, 1.54) is 13.2 Å². The number of alkyl halides is 3. The van der Waals surface area contributed by atoms with E-state index in [9.17, 15) is 13.6 Å². The third-order valence-corrected chi connectivity index (χ3v) is 2.71. The molecule has 100 valence electrons. The first-order valence-electron chi connectivity index (χ1n) is 5.18. The fourth-order valence-electron chi connectivity index (χ4n) is 1.53. The molecule has 0 spiro atoms. The summed E-state index contributed by atoms with van der Waals surface area (Å²) in [7, 11) is 1.28. The van der Waals surface area contributed by atoms with Crippen LogP contribution in [0.1, 0.15) is 16.7 Å². The van der Waals surface area contributed by atoms with Crippen molar-refractivity contribution in [3.8, 4) is 5.75 Å². The predicted octanol–water partition coefficient (Wildman–Crippen LogP) is 3.05. The number of aryl methyl sites for hydroxylation is 1. The van der Waals surface area contributed by atoms with Crippen LogP contribution in [0.3, 0.4) is 0 Å². The van der Waals surface area contributed by atoms with E-state index >= 15 is 0 Å². The number of esters is 1. The summed E-state index contributed by atoms with van der Waals surface area (Å²) in [6.07, 6.45) is 0.0500. The average Bonchev–Trinajstić information content (AvgIpc) is 2.31. The topological polar surface area (TPSA) is 35.5 Å². The van der Waals surface area contributed by atoms with Crippen molar-refractivity contribution in [1.82, 2.24) is 0 Å². The second kappa shape index (κ2) is 6.54. The summed E-state index contributed by atoms with van der Waals surface area (Å²) in [5.74, 6) is -0.246. The summed E-state index contributed by atoms with van der Waals surface area (Å²) < 4.78 is 33.3. The number of halogens is 3. The molecule has 0 saturated carbocycles. The lowest BCUT2D eigenvalue weighted by molar-refractivity contribution is -0.139. The molecule has 6 heteroatoms. The van der Waals surface area contributed by atoms with E-state index in [2.05, 4.69) is 9.47 Å². The van der Waals surface area contributed by atoms with Crippen molar-refractivity contribution in [2.75, 3.05) is 7.11 Å². The molecule has 0 atom stereocenters. The summed E-state index contributed by atoms with van der Waals surface area (Å²) in [6.45, 7) is -1.27. The van der Waals surface area contributed by atoms with E-state index in [-0.39, 0.29) is 18.1 Å². The van der Waals surface area contributed by atoms with Crippen LogP contribution in [-0.2, 0) is 21.8 Å². The molecular formula is C12H13ClF2O3. The molecule has 0 saturated heterocycles. The molecule has 0 aliphatic carbocycles. The minimum absolute atomic E-state index is 0.0500. The molecule has 0 heterocycles. The van der Waals surface area contributed by atoms with Crippen molar-refractivity contribution in [3.63, 3.8) is 0 Å². The Morgan fingerprint density at radius 2 is 2.06 bits per heavy atom. The third kappa shape index (κ3) is 3.84. The fraction of sp³-hybridized carbons (Fsp3) is 0.417. The van der Waals surface area contributed by atoms with Gasteiger partial charge >= 0.3 is 12.6 Å². The number of ether oxygens (including phenoxy) is 2. The Balaban J connectivity index is 3.06. The van der Waals surface area contributed by atoms with E-state index in [0.29, 0.717) is 16.7 Å². The summed E-state index contributed by atoms with van der Waals surface area (Å²) in [5.41, 5.74) is 1.74. The zero-order valence-electron chi connectivity index (χ0n) is 10.0. The predicted molar refractivity (Wildman–Crippen MR) is 63.1 cm³/mol. The maximum absolute atomic E-state index is 12.2. The summed E-state index contributed by atoms with van der Waals surface area (Å²) in [4.78, 5) is 11.2. The number of hydrogen-bond acceptors (Lipinski definition) is 3. The van der Waals surface area contributed by atoms with Crippen molar-refractivity contribution in [3.05, 3.63) is 28.8 Å². The van der Waals surface area contributed by atoms with Gasteiger partial charge < -0.3 is 9.47 Å². The molecule has 1 aromatic carbocycles. The first-order valence-corrected chi connectivity index (χ1v) is 5.71. The standard InChI is InChI=1S/C12H13ClF2O3/c1-7-3-8(5-11(16)17-2)9(6-13)4-10(7)18-12(14)15/h3-4,12H,5-6H2,1-2H3. The SMILES string of the molecule is COC(=O)Cc1cc(C)c(OC(F)F)cc1CCl. The normalized spacial score (nSPS) is 10.6. The van der Waals surface area contributed by atoms with Crippen LogP contribution >= 0.6 is 11.6 Å². The van der Waals surface area contributed by atoms with Crippen LogP contribution in [0.5, 0.6) is 5.75 Å². The van der Waals surface area contributed by atoms with Gasteiger partial charge in [-0.1, -0.05) is 6.07 Å². The maximum atomic E-state index is 12.2. The van der Waals surface area contributed by atoms with E-state index in [4.69, 9.17) is 11.6 Å². The van der Waals surface area contributed by atoms with Gasteiger partial charge in [-0.15, -0.1) is 11.6 Å². The number of rotatable bonds is 5. The van der Waals surface area contributed by atoms with Crippen LogP contribution in [0.15, 0.2) is 12.1 Å². The van der Waals surface area contributed by atoms with Gasteiger partial charge in [0.25, 0.3) is 0 Å². The highest BCUT2D eigenvalue weighted by atomic mass is 35.5. The van der Waals surface area contributed by atoms with E-state index in [1.54, 1.807) is 13.0 Å². The Kier molecular flexibility index (Phi) is 5.34. The van der Waals surface area contributed by atoms with Crippen LogP contribution < -0.4 is 4.74 Å². The van der Waals surface area contributed by atoms with Gasteiger partial charge in [-0.3, -0.25) is 4.79 Å². The van der Waals surface area contributed by atoms with E-state index in [1.807, 2.05) is 0 Å². The second-order valence-electron chi connectivity index (χ2n) is 3.65. The minimum Gasteiger partial charge on any atom is -0.469 e. The molecule has 1 aromatic rings. The maximum Gasteiger partial charge on any atom is 0.387 e. The van der Waals surface area contributed by atoms with Gasteiger partial charge in [-0.05, 0) is 29.7 Å². The van der Waals surface area contributed by atoms with E-state index in [0.717, 1.165) is 0 Å². The smallest absolute Gasteiger partial charge is 0.387 e. The Labute approximate surface area is 109 Å². The van der Waals surface area contributed by atoms with Gasteiger partial charge in [0.15, 0.2) is 0 Å². The number of carbonyl (C=O) groups excluding carboxylic acids is 1. The highest BCUT2D eigenvalue weighted by Gasteiger charge is 2.14. The lowest BCUT2D eigenvalue weighted by Gasteiger charge is -2.13. The molecule has 0 amide bonds. The van der Waals surface area contributed by atoms with E-state index < -0.39 is 12.6 Å². The minimum atomic E-state index is -2.89. The molecule has 0 fully saturated rings. The molecule has 1 rings (SSSR count). The van der Waals surface area contributed by atoms with Crippen LogP contribution in [0.4, 0.5) is 8.78 Å². The first kappa shape index (κ1) is 14.7. The van der Waals surface area contributed by atoms with Gasteiger partial charge in [0.1, 0.15) is 5.75 Å². The molecule has 3 nitrogen and oxygen atoms in total. The van der Waals surface area contributed by atoms with Crippen LogP contribution in [-0.4, -0.2) is 19.7 Å². The number of carbonyl (C=O) groups is 1. The number of benzene rings is 1. The van der Waals surface area contributed by atoms with Crippen LogP contribution in [0.25, 0.3) is 0 Å². The Hall–Kier alpha value is -1.36. The highest BCUT2D eigenvalue weighted by Crippen LogP contribution is 2.26. The molecule has 0 radical (unpaired) electrons. The molecule has 0 aliphatic rings. The quantitative estimate of drug-likeness (QED) is 0.613. The molecule has 0 aromatic heterocycles. The molecule has 0 unspecified atom stereocenters. The highest BCUT2D eigenvalue weighted by molar-refractivity contribution is 6.17. The second-order valence-corrected chi connectivity index (χ2v) is 3.92. The Bertz CT molecular complexity index is 436. The molecule has 18 heavy (non-hydrogen) atoms. The summed E-state index contributed by atoms with van der Waals surface area (Å²) in [6, 6.07) is 3.03. The summed E-state index contributed by atoms with van der Waals surface area (Å²) in [5, 5.41) is 0. The molecule has 0 bridgehead atoms. The van der Waals surface area contributed by atoms with Crippen molar-refractivity contribution in [2.24, 2.45) is 0 Å². The zero-order chi connectivity index (χ0) is 13.7. The number of hydrogen-bond donors (Lipinski definition) is 0. The van der Waals surface area contributed by atoms with Crippen molar-refractivity contribution in [1.29, 1.82) is 0 Å². The first-order chi connectivity index (χ1) is 8.47. The molecule has 0 aliphatic heterocycles. The van der Waals surface area contributed by atoms with Crippen molar-refractivity contribution >= 4 is 17.6 Å². The molecular weight excluding hydrogens is 266 g/mol. The summed E-state index contributed by atoms with van der Waals surface area (Å²) >= 11 is 5.72. The average molecular weight is 279 g/mol. The van der Waals surface area contributed by atoms with Gasteiger partial charge in [0.2, 0.25) is 0 Å². The lowest BCUT2D eigenvalue weighted by atomic mass is 10.0. The zero-order valence-corrected chi connectivity index (χ0v) is 10.8. The van der Waals surface area contributed by atoms with Crippen LogP contribution in [0.2, 0.25) is 0 Å². The van der Waals surface area contributed by atoms with Gasteiger partial charge in [-0.25, -0.2) is 0 Å². The Morgan fingerprint density at radius 3 is 2.56 bits per heavy atom. The number of methoxy groups -OCH3 is 1. The van der Waals surface area contributed by atoms with Crippen LogP contribution in [0, 0.1) is 6.92 Å². The monoisotopic (exact) mass is 278 g/mol. The third-order valence-electron chi connectivity index (χ3n) is 2.42. The van der Waals surface area contributed by atoms with Gasteiger partial charge in [0.05, 0.1) is 13.5 Å². The fourth-order valence-corrected chi connectivity index (χ4v) is 1.78. The van der Waals surface area contributed by atoms with Crippen molar-refractivity contribution < 1.29 is 23.0 Å². The molecule has 0 N–H and O–H groups in total. The lowest BCUT2D eigenvalue weighted by Crippen LogP contribution is -2.09. The van der Waals surface area contributed by atoms with Gasteiger partial charge in [0, 0.05) is 5.88 Å². The van der Waals surface area contributed by atoms with Gasteiger partial charge in [-0.2, -0.15) is 8.78 Å². The largest absolute Gasteiger partial charge is 0.469 e. The van der Waals surface area contributed by atoms with Crippen molar-refractivity contribution in [2.45, 2.75) is 25.8 Å². The Morgan fingerprint density at radius 1 is 1.39 bits per heavy atom.